The van der Waals surface area contributed by atoms with Gasteiger partial charge in [-0.05, 0) is 18.1 Å². The third-order valence-electron chi connectivity index (χ3n) is 1.76. The second-order valence-electron chi connectivity index (χ2n) is 2.51. The third-order valence-corrected chi connectivity index (χ3v) is 1.76. The molecule has 0 saturated carbocycles. The Morgan fingerprint density at radius 2 is 1.83 bits per heavy atom. The summed E-state index contributed by atoms with van der Waals surface area (Å²) in [7, 11) is 1.53. The second kappa shape index (κ2) is 3.34. The Labute approximate surface area is 71.2 Å². The van der Waals surface area contributed by atoms with E-state index < -0.39 is 0 Å². The molecular formula is C9H12O3. The maximum atomic E-state index is 9.15. The summed E-state index contributed by atoms with van der Waals surface area (Å²) < 4.78 is 5.00. The minimum atomic E-state index is -0.149. The number of phenols is 2. The van der Waals surface area contributed by atoms with Crippen molar-refractivity contribution in [2.75, 3.05) is 7.11 Å². The molecule has 1 aromatic carbocycles. The maximum absolute atomic E-state index is 9.15. The number of benzene rings is 1. The number of hydrogen-bond acceptors (Lipinski definition) is 3. The first-order chi connectivity index (χ1) is 5.69. The van der Waals surface area contributed by atoms with Crippen molar-refractivity contribution < 1.29 is 14.9 Å². The smallest absolute Gasteiger partial charge is 0.161 e. The van der Waals surface area contributed by atoms with E-state index in [-0.39, 0.29) is 11.5 Å². The van der Waals surface area contributed by atoms with Crippen LogP contribution in [0.4, 0.5) is 0 Å². The van der Waals surface area contributed by atoms with Gasteiger partial charge in [0.05, 0.1) is 7.11 Å². The van der Waals surface area contributed by atoms with Crippen LogP contribution in [0.15, 0.2) is 12.1 Å². The SMILES string of the molecule is CCc1cc(O)c(O)cc1OC. The molecule has 12 heavy (non-hydrogen) atoms. The quantitative estimate of drug-likeness (QED) is 0.660. The molecule has 0 saturated heterocycles. The fourth-order valence-electron chi connectivity index (χ4n) is 1.07. The zero-order valence-corrected chi connectivity index (χ0v) is 7.16. The number of aromatic hydroxyl groups is 2. The van der Waals surface area contributed by atoms with Crippen LogP contribution in [0.1, 0.15) is 12.5 Å². The summed E-state index contributed by atoms with van der Waals surface area (Å²) in [5.41, 5.74) is 0.882. The van der Waals surface area contributed by atoms with E-state index in [0.717, 1.165) is 12.0 Å². The van der Waals surface area contributed by atoms with E-state index in [1.807, 2.05) is 6.92 Å². The summed E-state index contributed by atoms with van der Waals surface area (Å²) in [4.78, 5) is 0. The molecular weight excluding hydrogens is 156 g/mol. The zero-order valence-electron chi connectivity index (χ0n) is 7.16. The minimum Gasteiger partial charge on any atom is -0.504 e. The molecule has 0 aromatic heterocycles. The van der Waals surface area contributed by atoms with Crippen LogP contribution in [0.25, 0.3) is 0 Å². The lowest BCUT2D eigenvalue weighted by molar-refractivity contribution is 0.383. The number of phenolic OH excluding ortho intramolecular Hbond substituents is 2. The van der Waals surface area contributed by atoms with E-state index in [1.165, 1.54) is 19.2 Å². The first-order valence-corrected chi connectivity index (χ1v) is 3.77. The van der Waals surface area contributed by atoms with E-state index in [2.05, 4.69) is 0 Å². The molecule has 2 N–H and O–H groups in total. The molecule has 0 aliphatic carbocycles. The van der Waals surface area contributed by atoms with Crippen molar-refractivity contribution in [3.05, 3.63) is 17.7 Å². The minimum absolute atomic E-state index is 0.104. The molecule has 0 heterocycles. The van der Waals surface area contributed by atoms with E-state index in [9.17, 15) is 0 Å². The van der Waals surface area contributed by atoms with Crippen molar-refractivity contribution in [1.82, 2.24) is 0 Å². The molecule has 0 amide bonds. The number of rotatable bonds is 2. The number of ether oxygens (including phenoxy) is 1. The first kappa shape index (κ1) is 8.71. The predicted octanol–water partition coefficient (Wildman–Crippen LogP) is 1.67. The van der Waals surface area contributed by atoms with Crippen LogP contribution < -0.4 is 4.74 Å². The molecule has 0 radical (unpaired) electrons. The highest BCUT2D eigenvalue weighted by Gasteiger charge is 2.06. The Bertz CT molecular complexity index is 252. The van der Waals surface area contributed by atoms with Crippen molar-refractivity contribution in [3.8, 4) is 17.2 Å². The monoisotopic (exact) mass is 168 g/mol. The van der Waals surface area contributed by atoms with Gasteiger partial charge in [0.2, 0.25) is 0 Å². The van der Waals surface area contributed by atoms with Crippen molar-refractivity contribution in [1.29, 1.82) is 0 Å². The molecule has 1 rings (SSSR count). The number of hydrogen-bond donors (Lipinski definition) is 2. The Kier molecular flexibility index (Phi) is 2.43. The van der Waals surface area contributed by atoms with Crippen LogP contribution in [-0.4, -0.2) is 17.3 Å². The molecule has 3 nitrogen and oxygen atoms in total. The predicted molar refractivity (Wildman–Crippen MR) is 45.7 cm³/mol. The van der Waals surface area contributed by atoms with Gasteiger partial charge in [0.25, 0.3) is 0 Å². The van der Waals surface area contributed by atoms with E-state index >= 15 is 0 Å². The molecule has 0 spiro atoms. The fraction of sp³-hybridized carbons (Fsp3) is 0.333. The lowest BCUT2D eigenvalue weighted by Gasteiger charge is -2.07. The third kappa shape index (κ3) is 1.44. The average Bonchev–Trinajstić information content (AvgIpc) is 2.09. The van der Waals surface area contributed by atoms with Crippen LogP contribution in [-0.2, 0) is 6.42 Å². The largest absolute Gasteiger partial charge is 0.504 e. The molecule has 1 aromatic rings. The molecule has 0 atom stereocenters. The Balaban J connectivity index is 3.19. The van der Waals surface area contributed by atoms with Gasteiger partial charge < -0.3 is 14.9 Å². The van der Waals surface area contributed by atoms with E-state index in [4.69, 9.17) is 14.9 Å². The highest BCUT2D eigenvalue weighted by molar-refractivity contribution is 5.48. The van der Waals surface area contributed by atoms with Gasteiger partial charge in [-0.15, -0.1) is 0 Å². The summed E-state index contributed by atoms with van der Waals surface area (Å²) in [6.07, 6.45) is 0.761. The molecule has 0 aliphatic heterocycles. The standard InChI is InChI=1S/C9H12O3/c1-3-6-4-7(10)8(11)5-9(6)12-2/h4-5,10-11H,3H2,1-2H3. The van der Waals surface area contributed by atoms with Gasteiger partial charge in [-0.2, -0.15) is 0 Å². The fourth-order valence-corrected chi connectivity index (χ4v) is 1.07. The second-order valence-corrected chi connectivity index (χ2v) is 2.51. The van der Waals surface area contributed by atoms with Crippen molar-refractivity contribution in [2.24, 2.45) is 0 Å². The molecule has 0 fully saturated rings. The summed E-state index contributed by atoms with van der Waals surface area (Å²) in [5.74, 6) is 0.351. The van der Waals surface area contributed by atoms with E-state index in [0.29, 0.717) is 5.75 Å². The van der Waals surface area contributed by atoms with Gasteiger partial charge in [-0.3, -0.25) is 0 Å². The summed E-state index contributed by atoms with van der Waals surface area (Å²) in [6, 6.07) is 2.92. The van der Waals surface area contributed by atoms with Crippen LogP contribution >= 0.6 is 0 Å². The Morgan fingerprint density at radius 3 is 2.33 bits per heavy atom. The number of methoxy groups -OCH3 is 1. The lowest BCUT2D eigenvalue weighted by Crippen LogP contribution is -1.89. The molecule has 0 aliphatic rings. The molecule has 3 heteroatoms. The van der Waals surface area contributed by atoms with Crippen molar-refractivity contribution >= 4 is 0 Å². The zero-order chi connectivity index (χ0) is 9.14. The first-order valence-electron chi connectivity index (χ1n) is 3.77. The topological polar surface area (TPSA) is 49.7 Å². The lowest BCUT2D eigenvalue weighted by atomic mass is 10.1. The van der Waals surface area contributed by atoms with Crippen LogP contribution in [0.2, 0.25) is 0 Å². The van der Waals surface area contributed by atoms with Crippen LogP contribution in [0, 0.1) is 0 Å². The van der Waals surface area contributed by atoms with Gasteiger partial charge in [-0.25, -0.2) is 0 Å². The Hall–Kier alpha value is -1.38. The summed E-state index contributed by atoms with van der Waals surface area (Å²) >= 11 is 0. The highest BCUT2D eigenvalue weighted by Crippen LogP contribution is 2.32. The summed E-state index contributed by atoms with van der Waals surface area (Å²) in [5, 5.41) is 18.3. The summed E-state index contributed by atoms with van der Waals surface area (Å²) in [6.45, 7) is 1.95. The molecule has 0 unspecified atom stereocenters. The van der Waals surface area contributed by atoms with Crippen LogP contribution in [0.5, 0.6) is 17.2 Å². The van der Waals surface area contributed by atoms with E-state index in [1.54, 1.807) is 0 Å². The molecule has 0 bridgehead atoms. The average molecular weight is 168 g/mol. The Morgan fingerprint density at radius 1 is 1.25 bits per heavy atom. The number of aryl methyl sites for hydroxylation is 1. The van der Waals surface area contributed by atoms with Crippen molar-refractivity contribution in [2.45, 2.75) is 13.3 Å². The maximum Gasteiger partial charge on any atom is 0.161 e. The van der Waals surface area contributed by atoms with Crippen molar-refractivity contribution in [3.63, 3.8) is 0 Å². The van der Waals surface area contributed by atoms with Crippen LogP contribution in [0.3, 0.4) is 0 Å². The van der Waals surface area contributed by atoms with Gasteiger partial charge in [-0.1, -0.05) is 6.92 Å². The van der Waals surface area contributed by atoms with Gasteiger partial charge in [0.15, 0.2) is 11.5 Å². The molecule has 66 valence electrons. The van der Waals surface area contributed by atoms with Gasteiger partial charge >= 0.3 is 0 Å². The van der Waals surface area contributed by atoms with Gasteiger partial charge in [0, 0.05) is 6.07 Å². The normalized spacial score (nSPS) is 9.83. The van der Waals surface area contributed by atoms with Gasteiger partial charge in [0.1, 0.15) is 5.75 Å². The highest BCUT2D eigenvalue weighted by atomic mass is 16.5.